The fourth-order valence-electron chi connectivity index (χ4n) is 1.80. The first-order chi connectivity index (χ1) is 9.36. The zero-order valence-electron chi connectivity index (χ0n) is 12.0. The van der Waals surface area contributed by atoms with E-state index >= 15 is 0 Å². The Morgan fingerprint density at radius 1 is 1.35 bits per heavy atom. The second-order valence-electron chi connectivity index (χ2n) is 4.79. The number of carbonyl (C=O) groups excluding carboxylic acids is 2. The van der Waals surface area contributed by atoms with Crippen LogP contribution in [0.1, 0.15) is 31.1 Å². The smallest absolute Gasteiger partial charge is 0.340 e. The van der Waals surface area contributed by atoms with Crippen molar-refractivity contribution in [2.24, 2.45) is 11.7 Å². The van der Waals surface area contributed by atoms with Crippen molar-refractivity contribution in [2.75, 3.05) is 17.7 Å². The topological polar surface area (TPSA) is 107 Å². The molecule has 5 N–H and O–H groups in total. The van der Waals surface area contributed by atoms with E-state index in [-0.39, 0.29) is 12.5 Å². The summed E-state index contributed by atoms with van der Waals surface area (Å²) in [6.07, 6.45) is 0. The van der Waals surface area contributed by atoms with Crippen molar-refractivity contribution >= 4 is 23.3 Å². The molecule has 1 unspecified atom stereocenters. The van der Waals surface area contributed by atoms with Crippen LogP contribution in [0, 0.1) is 5.92 Å². The van der Waals surface area contributed by atoms with Gasteiger partial charge in [-0.1, -0.05) is 13.8 Å². The highest BCUT2D eigenvalue weighted by molar-refractivity contribution is 5.97. The minimum atomic E-state index is -0.577. The molecule has 0 saturated carbocycles. The molecule has 0 saturated heterocycles. The Morgan fingerprint density at radius 3 is 2.50 bits per heavy atom. The molecule has 6 nitrogen and oxygen atoms in total. The van der Waals surface area contributed by atoms with Gasteiger partial charge in [-0.15, -0.1) is 0 Å². The third kappa shape index (κ3) is 3.88. The number of nitrogen functional groups attached to an aromatic ring is 1. The number of hydrogen-bond acceptors (Lipinski definition) is 5. The maximum absolute atomic E-state index is 11.9. The summed E-state index contributed by atoms with van der Waals surface area (Å²) >= 11 is 0. The lowest BCUT2D eigenvalue weighted by Gasteiger charge is -2.21. The zero-order valence-corrected chi connectivity index (χ0v) is 12.0. The van der Waals surface area contributed by atoms with Gasteiger partial charge in [-0.25, -0.2) is 4.79 Å². The van der Waals surface area contributed by atoms with E-state index in [2.05, 4.69) is 5.32 Å². The molecular formula is C14H21N3O3. The monoisotopic (exact) mass is 279 g/mol. The second-order valence-corrected chi connectivity index (χ2v) is 4.79. The van der Waals surface area contributed by atoms with E-state index in [1.165, 1.54) is 6.07 Å². The van der Waals surface area contributed by atoms with E-state index in [4.69, 9.17) is 16.2 Å². The first kappa shape index (κ1) is 15.8. The van der Waals surface area contributed by atoms with Crippen molar-refractivity contribution in [1.82, 2.24) is 0 Å². The Labute approximate surface area is 118 Å². The van der Waals surface area contributed by atoms with Gasteiger partial charge in [-0.2, -0.15) is 0 Å². The van der Waals surface area contributed by atoms with E-state index in [9.17, 15) is 9.59 Å². The fourth-order valence-corrected chi connectivity index (χ4v) is 1.80. The van der Waals surface area contributed by atoms with Gasteiger partial charge in [-0.3, -0.25) is 4.79 Å². The van der Waals surface area contributed by atoms with Crippen molar-refractivity contribution in [3.63, 3.8) is 0 Å². The number of benzene rings is 1. The number of hydrogen-bond donors (Lipinski definition) is 3. The largest absolute Gasteiger partial charge is 0.462 e. The third-order valence-electron chi connectivity index (χ3n) is 2.82. The van der Waals surface area contributed by atoms with Crippen molar-refractivity contribution in [3.05, 3.63) is 23.8 Å². The first-order valence-corrected chi connectivity index (χ1v) is 6.49. The Balaban J connectivity index is 3.10. The molecule has 20 heavy (non-hydrogen) atoms. The van der Waals surface area contributed by atoms with Crippen molar-refractivity contribution in [3.8, 4) is 0 Å². The highest BCUT2D eigenvalue weighted by Crippen LogP contribution is 2.22. The van der Waals surface area contributed by atoms with Gasteiger partial charge in [0.05, 0.1) is 12.2 Å². The molecular weight excluding hydrogens is 258 g/mol. The van der Waals surface area contributed by atoms with Crippen LogP contribution in [0.3, 0.4) is 0 Å². The van der Waals surface area contributed by atoms with Gasteiger partial charge in [0.15, 0.2) is 0 Å². The standard InChI is InChI=1S/C14H21N3O3/c1-4-20-14(19)10-7-9(15)5-6-11(10)17-12(8(2)3)13(16)18/h5-8,12,17H,4,15H2,1-3H3,(H2,16,18). The molecule has 0 aromatic heterocycles. The molecule has 1 aromatic carbocycles. The number of carbonyl (C=O) groups is 2. The number of nitrogens with two attached hydrogens (primary N) is 2. The van der Waals surface area contributed by atoms with Crippen LogP contribution in [-0.2, 0) is 9.53 Å². The van der Waals surface area contributed by atoms with E-state index < -0.39 is 17.9 Å². The SMILES string of the molecule is CCOC(=O)c1cc(N)ccc1NC(C(N)=O)C(C)C. The van der Waals surface area contributed by atoms with E-state index in [1.54, 1.807) is 19.1 Å². The molecule has 0 aliphatic heterocycles. The number of primary amides is 1. The van der Waals surface area contributed by atoms with Gasteiger partial charge in [0, 0.05) is 11.4 Å². The lowest BCUT2D eigenvalue weighted by atomic mass is 10.0. The minimum absolute atomic E-state index is 0.0138. The predicted molar refractivity (Wildman–Crippen MR) is 78.3 cm³/mol. The lowest BCUT2D eigenvalue weighted by molar-refractivity contribution is -0.119. The van der Waals surface area contributed by atoms with E-state index in [0.717, 1.165) is 0 Å². The van der Waals surface area contributed by atoms with Gasteiger partial charge < -0.3 is 21.5 Å². The summed E-state index contributed by atoms with van der Waals surface area (Å²) in [6, 6.07) is 4.22. The Bertz CT molecular complexity index is 500. The molecule has 6 heteroatoms. The number of amides is 1. The Morgan fingerprint density at radius 2 is 2.00 bits per heavy atom. The molecule has 0 aliphatic carbocycles. The van der Waals surface area contributed by atoms with Crippen LogP contribution in [0.2, 0.25) is 0 Å². The molecule has 0 heterocycles. The maximum atomic E-state index is 11.9. The number of esters is 1. The molecule has 0 radical (unpaired) electrons. The summed E-state index contributed by atoms with van der Waals surface area (Å²) < 4.78 is 4.98. The molecule has 0 aliphatic rings. The molecule has 0 spiro atoms. The van der Waals surface area contributed by atoms with Crippen molar-refractivity contribution in [1.29, 1.82) is 0 Å². The summed E-state index contributed by atoms with van der Waals surface area (Å²) in [5.41, 5.74) is 12.3. The number of ether oxygens (including phenoxy) is 1. The molecule has 0 fully saturated rings. The van der Waals surface area contributed by atoms with Crippen LogP contribution in [0.4, 0.5) is 11.4 Å². The quantitative estimate of drug-likeness (QED) is 0.538. The summed E-state index contributed by atoms with van der Waals surface area (Å²) in [5, 5.41) is 2.98. The highest BCUT2D eigenvalue weighted by atomic mass is 16.5. The molecule has 1 atom stereocenters. The molecule has 0 bridgehead atoms. The third-order valence-corrected chi connectivity index (χ3v) is 2.82. The van der Waals surface area contributed by atoms with E-state index in [0.29, 0.717) is 16.9 Å². The number of rotatable bonds is 6. The average molecular weight is 279 g/mol. The number of nitrogens with one attached hydrogen (secondary N) is 1. The summed E-state index contributed by atoms with van der Waals surface area (Å²) in [6.45, 7) is 5.71. The van der Waals surface area contributed by atoms with Gasteiger partial charge >= 0.3 is 5.97 Å². The van der Waals surface area contributed by atoms with Crippen LogP contribution in [-0.4, -0.2) is 24.5 Å². The highest BCUT2D eigenvalue weighted by Gasteiger charge is 2.22. The average Bonchev–Trinajstić information content (AvgIpc) is 2.36. The fraction of sp³-hybridized carbons (Fsp3) is 0.429. The van der Waals surface area contributed by atoms with E-state index in [1.807, 2.05) is 13.8 Å². The van der Waals surface area contributed by atoms with Crippen LogP contribution < -0.4 is 16.8 Å². The minimum Gasteiger partial charge on any atom is -0.462 e. The molecule has 1 rings (SSSR count). The van der Waals surface area contributed by atoms with Crippen molar-refractivity contribution < 1.29 is 14.3 Å². The number of anilines is 2. The molecule has 1 amide bonds. The van der Waals surface area contributed by atoms with Gasteiger partial charge in [0.1, 0.15) is 6.04 Å². The summed E-state index contributed by atoms with van der Waals surface area (Å²) in [4.78, 5) is 23.3. The predicted octanol–water partition coefficient (Wildman–Crippen LogP) is 1.37. The van der Waals surface area contributed by atoms with Gasteiger partial charge in [-0.05, 0) is 31.0 Å². The van der Waals surface area contributed by atoms with Crippen LogP contribution in [0.15, 0.2) is 18.2 Å². The Hall–Kier alpha value is -2.24. The van der Waals surface area contributed by atoms with Crippen molar-refractivity contribution in [2.45, 2.75) is 26.8 Å². The normalized spacial score (nSPS) is 12.0. The van der Waals surface area contributed by atoms with Gasteiger partial charge in [0.2, 0.25) is 5.91 Å². The maximum Gasteiger partial charge on any atom is 0.340 e. The van der Waals surface area contributed by atoms with Crippen LogP contribution in [0.5, 0.6) is 0 Å². The van der Waals surface area contributed by atoms with Gasteiger partial charge in [0.25, 0.3) is 0 Å². The Kier molecular flexibility index (Phi) is 5.37. The summed E-state index contributed by atoms with van der Waals surface area (Å²) in [7, 11) is 0. The summed E-state index contributed by atoms with van der Waals surface area (Å²) in [5.74, 6) is -0.985. The molecule has 1 aromatic rings. The molecule has 110 valence electrons. The first-order valence-electron chi connectivity index (χ1n) is 6.49. The zero-order chi connectivity index (χ0) is 15.3. The lowest BCUT2D eigenvalue weighted by Crippen LogP contribution is -2.39. The van der Waals surface area contributed by atoms with Crippen LogP contribution >= 0.6 is 0 Å². The second kappa shape index (κ2) is 6.79. The van der Waals surface area contributed by atoms with Crippen LogP contribution in [0.25, 0.3) is 0 Å².